The average molecular weight is 457 g/mol. The molecule has 0 bridgehead atoms. The average Bonchev–Trinajstić information content (AvgIpc) is 3.08. The zero-order chi connectivity index (χ0) is 21.0. The van der Waals surface area contributed by atoms with Gasteiger partial charge in [0.05, 0.1) is 12.2 Å². The van der Waals surface area contributed by atoms with Crippen LogP contribution in [-0.4, -0.2) is 26.0 Å². The van der Waals surface area contributed by atoms with E-state index in [-0.39, 0.29) is 5.56 Å². The van der Waals surface area contributed by atoms with E-state index in [0.717, 1.165) is 16.5 Å². The monoisotopic (exact) mass is 456 g/mol. The second-order valence-electron chi connectivity index (χ2n) is 6.80. The second kappa shape index (κ2) is 9.22. The van der Waals surface area contributed by atoms with Crippen molar-refractivity contribution < 1.29 is 4.74 Å². The van der Waals surface area contributed by atoms with E-state index in [1.54, 1.807) is 4.40 Å². The fourth-order valence-electron chi connectivity index (χ4n) is 2.89. The summed E-state index contributed by atoms with van der Waals surface area (Å²) in [5.74, 6) is 1.73. The lowest BCUT2D eigenvalue weighted by Crippen LogP contribution is -2.11. The van der Waals surface area contributed by atoms with Crippen LogP contribution in [-0.2, 0) is 0 Å². The van der Waals surface area contributed by atoms with Crippen molar-refractivity contribution in [2.24, 2.45) is 5.92 Å². The Morgan fingerprint density at radius 1 is 1.14 bits per heavy atom. The van der Waals surface area contributed by atoms with Gasteiger partial charge in [0.2, 0.25) is 0 Å². The molecule has 4 aromatic rings. The van der Waals surface area contributed by atoms with Gasteiger partial charge in [0, 0.05) is 10.7 Å². The number of imidazole rings is 1. The minimum Gasteiger partial charge on any atom is -0.493 e. The zero-order valence-corrected chi connectivity index (χ0v) is 18.7. The summed E-state index contributed by atoms with van der Waals surface area (Å²) in [6.45, 7) is 8.93. The van der Waals surface area contributed by atoms with Gasteiger partial charge in [-0.05, 0) is 52.5 Å². The number of nitrogens with one attached hydrogen (secondary N) is 1. The van der Waals surface area contributed by atoms with Crippen molar-refractivity contribution in [1.82, 2.24) is 19.4 Å². The Kier molecular flexibility index (Phi) is 6.69. The number of ether oxygens (including phenoxy) is 1. The number of benzene rings is 1. The van der Waals surface area contributed by atoms with Crippen molar-refractivity contribution in [3.05, 3.63) is 57.4 Å². The molecule has 0 fully saturated rings. The number of rotatable bonds is 5. The van der Waals surface area contributed by atoms with E-state index in [0.29, 0.717) is 40.9 Å². The van der Waals surface area contributed by atoms with E-state index >= 15 is 0 Å². The number of pyridine rings is 1. The molecule has 0 radical (unpaired) electrons. The van der Waals surface area contributed by atoms with E-state index < -0.39 is 0 Å². The van der Waals surface area contributed by atoms with Crippen molar-refractivity contribution in [3.8, 4) is 17.1 Å². The highest BCUT2D eigenvalue weighted by atomic mass is 79.9. The predicted molar refractivity (Wildman–Crippen MR) is 121 cm³/mol. The summed E-state index contributed by atoms with van der Waals surface area (Å²) in [6, 6.07) is 11.3. The topological polar surface area (TPSA) is 72.3 Å². The third-order valence-corrected chi connectivity index (χ3v) is 4.79. The summed E-state index contributed by atoms with van der Waals surface area (Å²) in [4.78, 5) is 24.5. The summed E-state index contributed by atoms with van der Waals surface area (Å²) < 4.78 is 8.64. The molecule has 0 aliphatic heterocycles. The summed E-state index contributed by atoms with van der Waals surface area (Å²) >= 11 is 3.45. The molecule has 3 heterocycles. The number of para-hydroxylation sites is 1. The number of aromatic nitrogens is 4. The number of H-pyrrole nitrogens is 1. The van der Waals surface area contributed by atoms with Gasteiger partial charge in [-0.25, -0.2) is 9.97 Å². The Morgan fingerprint density at radius 3 is 2.66 bits per heavy atom. The van der Waals surface area contributed by atoms with E-state index in [2.05, 4.69) is 44.7 Å². The Morgan fingerprint density at radius 2 is 1.90 bits per heavy atom. The van der Waals surface area contributed by atoms with E-state index in [4.69, 9.17) is 4.74 Å². The number of fused-ring (bicyclic) bond motifs is 3. The van der Waals surface area contributed by atoms with E-state index in [1.807, 2.05) is 56.4 Å². The third kappa shape index (κ3) is 4.50. The lowest BCUT2D eigenvalue weighted by atomic mass is 10.1. The number of aromatic amines is 1. The molecule has 0 amide bonds. The summed E-state index contributed by atoms with van der Waals surface area (Å²) in [7, 11) is 0. The van der Waals surface area contributed by atoms with Crippen LogP contribution in [0.25, 0.3) is 28.2 Å². The summed E-state index contributed by atoms with van der Waals surface area (Å²) in [6.07, 6.45) is 2.81. The van der Waals surface area contributed by atoms with Crippen LogP contribution in [0.15, 0.2) is 51.9 Å². The van der Waals surface area contributed by atoms with Crippen LogP contribution in [0, 0.1) is 5.92 Å². The molecule has 6 nitrogen and oxygen atoms in total. The van der Waals surface area contributed by atoms with Crippen molar-refractivity contribution in [2.75, 3.05) is 6.61 Å². The van der Waals surface area contributed by atoms with Gasteiger partial charge >= 0.3 is 0 Å². The first-order valence-corrected chi connectivity index (χ1v) is 10.6. The lowest BCUT2D eigenvalue weighted by molar-refractivity contribution is 0.290. The normalized spacial score (nSPS) is 11.0. The third-order valence-electron chi connectivity index (χ3n) is 4.32. The molecule has 0 aliphatic rings. The van der Waals surface area contributed by atoms with Crippen LogP contribution in [0.3, 0.4) is 0 Å². The fourth-order valence-corrected chi connectivity index (χ4v) is 3.22. The molecule has 0 aliphatic carbocycles. The molecular weight excluding hydrogens is 432 g/mol. The van der Waals surface area contributed by atoms with Gasteiger partial charge < -0.3 is 9.72 Å². The van der Waals surface area contributed by atoms with Crippen molar-refractivity contribution >= 4 is 32.7 Å². The van der Waals surface area contributed by atoms with Crippen LogP contribution in [0.2, 0.25) is 0 Å². The van der Waals surface area contributed by atoms with Crippen molar-refractivity contribution in [1.29, 1.82) is 0 Å². The molecule has 7 heteroatoms. The molecule has 29 heavy (non-hydrogen) atoms. The Balaban J connectivity index is 0.00000117. The van der Waals surface area contributed by atoms with Gasteiger partial charge in [0.1, 0.15) is 17.2 Å². The number of hydrogen-bond acceptors (Lipinski definition) is 4. The maximum Gasteiger partial charge on any atom is 0.279 e. The van der Waals surface area contributed by atoms with Gasteiger partial charge in [-0.15, -0.1) is 0 Å². The van der Waals surface area contributed by atoms with Crippen molar-refractivity contribution in [2.45, 2.75) is 34.1 Å². The quantitative estimate of drug-likeness (QED) is 0.433. The molecule has 1 aromatic carbocycles. The number of hydrogen-bond donors (Lipinski definition) is 1. The molecule has 0 saturated heterocycles. The lowest BCUT2D eigenvalue weighted by Gasteiger charge is -2.12. The van der Waals surface area contributed by atoms with E-state index in [1.165, 1.54) is 0 Å². The first-order chi connectivity index (χ1) is 14.0. The maximum atomic E-state index is 12.6. The predicted octanol–water partition coefficient (Wildman–Crippen LogP) is 5.45. The van der Waals surface area contributed by atoms with Gasteiger partial charge in [-0.3, -0.25) is 9.20 Å². The van der Waals surface area contributed by atoms with Gasteiger partial charge in [-0.1, -0.05) is 39.8 Å². The number of nitrogens with zero attached hydrogens (tertiary/aromatic N) is 3. The van der Waals surface area contributed by atoms with E-state index in [9.17, 15) is 4.79 Å². The zero-order valence-electron chi connectivity index (χ0n) is 17.1. The molecule has 152 valence electrons. The fraction of sp³-hybridized carbons (Fsp3) is 0.318. The highest BCUT2D eigenvalue weighted by Gasteiger charge is 2.15. The smallest absolute Gasteiger partial charge is 0.279 e. The highest BCUT2D eigenvalue weighted by Crippen LogP contribution is 2.28. The summed E-state index contributed by atoms with van der Waals surface area (Å²) in [5.41, 5.74) is 1.99. The molecule has 0 atom stereocenters. The maximum absolute atomic E-state index is 12.6. The second-order valence-corrected chi connectivity index (χ2v) is 7.72. The molecule has 3 aromatic heterocycles. The van der Waals surface area contributed by atoms with Gasteiger partial charge in [0.25, 0.3) is 5.56 Å². The first kappa shape index (κ1) is 21.0. The standard InChI is InChI=1S/C20H19BrN4O2.C2H6/c1-12(2)9-10-27-15-6-4-3-5-14(15)18-23-19-17(20(26)24-18)22-16-8-7-13(21)11-25(16)19;1-2/h3-8,11-12H,9-10H2,1-2H3,(H,23,24,26);1-2H3. The summed E-state index contributed by atoms with van der Waals surface area (Å²) in [5, 5.41) is 0. The largest absolute Gasteiger partial charge is 0.493 e. The van der Waals surface area contributed by atoms with Gasteiger partial charge in [-0.2, -0.15) is 0 Å². The SMILES string of the molecule is CC.CC(C)CCOc1ccccc1-c1nc2c(nc3ccc(Br)cn32)c(=O)[nH]1. The first-order valence-electron chi connectivity index (χ1n) is 9.83. The van der Waals surface area contributed by atoms with Crippen LogP contribution in [0.1, 0.15) is 34.1 Å². The van der Waals surface area contributed by atoms with Crippen molar-refractivity contribution in [3.63, 3.8) is 0 Å². The minimum absolute atomic E-state index is 0.271. The number of halogens is 1. The molecule has 0 unspecified atom stereocenters. The molecular formula is C22H25BrN4O2. The van der Waals surface area contributed by atoms with Crippen LogP contribution >= 0.6 is 15.9 Å². The Labute approximate surface area is 178 Å². The van der Waals surface area contributed by atoms with Crippen LogP contribution < -0.4 is 10.3 Å². The van der Waals surface area contributed by atoms with Crippen LogP contribution in [0.5, 0.6) is 5.75 Å². The molecule has 0 saturated carbocycles. The molecule has 0 spiro atoms. The van der Waals surface area contributed by atoms with Gasteiger partial charge in [0.15, 0.2) is 11.2 Å². The Hall–Kier alpha value is -2.67. The molecule has 4 rings (SSSR count). The minimum atomic E-state index is -0.271. The molecule has 1 N–H and O–H groups in total. The Bertz CT molecular complexity index is 1180. The van der Waals surface area contributed by atoms with Crippen LogP contribution in [0.4, 0.5) is 0 Å². The highest BCUT2D eigenvalue weighted by molar-refractivity contribution is 9.10.